The van der Waals surface area contributed by atoms with E-state index in [0.717, 1.165) is 32.0 Å². The maximum Gasteiger partial charge on any atom is 0.257 e. The highest BCUT2D eigenvalue weighted by Crippen LogP contribution is 2.16. The first-order valence-electron chi connectivity index (χ1n) is 7.62. The van der Waals surface area contributed by atoms with E-state index in [1.54, 1.807) is 24.4 Å². The van der Waals surface area contributed by atoms with Crippen molar-refractivity contribution in [2.45, 2.75) is 0 Å². The second-order valence-corrected chi connectivity index (χ2v) is 5.70. The fraction of sp³-hybridized carbons (Fsp3) is 0.294. The number of aromatic hydroxyl groups is 1. The molecule has 2 aromatic rings. The van der Waals surface area contributed by atoms with Crippen LogP contribution in [0.4, 0.5) is 11.5 Å². The molecule has 120 valence electrons. The maximum atomic E-state index is 12.2. The molecule has 1 amide bonds. The molecular formula is C17H20N4O2. The Morgan fingerprint density at radius 1 is 1.09 bits per heavy atom. The normalized spacial score (nSPS) is 15.4. The number of carbonyl (C=O) groups is 1. The number of pyridine rings is 1. The van der Waals surface area contributed by atoms with Crippen LogP contribution in [0.5, 0.6) is 5.75 Å². The van der Waals surface area contributed by atoms with E-state index in [4.69, 9.17) is 0 Å². The van der Waals surface area contributed by atoms with Gasteiger partial charge in [0.05, 0.1) is 5.56 Å². The molecule has 0 atom stereocenters. The minimum Gasteiger partial charge on any atom is -0.508 e. The first-order chi connectivity index (χ1) is 11.1. The standard InChI is InChI=1S/C17H20N4O2/c1-20-8-10-21(11-9-20)16-7-2-13(12-18-16)17(23)19-14-3-5-15(22)6-4-14/h2-7,12,22H,8-11H2,1H3,(H,19,23). The van der Waals surface area contributed by atoms with Gasteiger partial charge in [-0.1, -0.05) is 0 Å². The summed E-state index contributed by atoms with van der Waals surface area (Å²) in [6, 6.07) is 10.0. The lowest BCUT2D eigenvalue weighted by Gasteiger charge is -2.33. The molecule has 3 rings (SSSR count). The summed E-state index contributed by atoms with van der Waals surface area (Å²) in [4.78, 5) is 21.1. The predicted molar refractivity (Wildman–Crippen MR) is 90.0 cm³/mol. The van der Waals surface area contributed by atoms with Crippen LogP contribution in [0.2, 0.25) is 0 Å². The van der Waals surface area contributed by atoms with Gasteiger partial charge in [0.1, 0.15) is 11.6 Å². The third kappa shape index (κ3) is 3.78. The Hall–Kier alpha value is -2.60. The average Bonchev–Trinajstić information content (AvgIpc) is 2.58. The molecule has 0 aliphatic carbocycles. The number of phenols is 1. The van der Waals surface area contributed by atoms with Crippen molar-refractivity contribution in [3.63, 3.8) is 0 Å². The summed E-state index contributed by atoms with van der Waals surface area (Å²) in [5.74, 6) is 0.855. The summed E-state index contributed by atoms with van der Waals surface area (Å²) in [6.45, 7) is 3.93. The van der Waals surface area contributed by atoms with E-state index in [9.17, 15) is 9.90 Å². The second kappa shape index (κ2) is 6.66. The van der Waals surface area contributed by atoms with Crippen molar-refractivity contribution in [1.82, 2.24) is 9.88 Å². The third-order valence-electron chi connectivity index (χ3n) is 3.96. The van der Waals surface area contributed by atoms with Gasteiger partial charge in [-0.05, 0) is 43.4 Å². The van der Waals surface area contributed by atoms with Crippen molar-refractivity contribution in [2.24, 2.45) is 0 Å². The molecule has 2 N–H and O–H groups in total. The smallest absolute Gasteiger partial charge is 0.257 e. The molecule has 0 bridgehead atoms. The fourth-order valence-corrected chi connectivity index (χ4v) is 2.49. The number of hydrogen-bond donors (Lipinski definition) is 2. The van der Waals surface area contributed by atoms with E-state index in [2.05, 4.69) is 27.1 Å². The number of aromatic nitrogens is 1. The molecule has 23 heavy (non-hydrogen) atoms. The van der Waals surface area contributed by atoms with Gasteiger partial charge in [-0.3, -0.25) is 4.79 Å². The maximum absolute atomic E-state index is 12.2. The molecule has 1 saturated heterocycles. The molecule has 0 spiro atoms. The van der Waals surface area contributed by atoms with Crippen LogP contribution < -0.4 is 10.2 Å². The molecule has 1 aromatic heterocycles. The lowest BCUT2D eigenvalue weighted by atomic mass is 10.2. The molecule has 1 aromatic carbocycles. The van der Waals surface area contributed by atoms with E-state index in [1.165, 1.54) is 12.1 Å². The number of likely N-dealkylation sites (N-methyl/N-ethyl adjacent to an activating group) is 1. The van der Waals surface area contributed by atoms with Crippen LogP contribution in [-0.4, -0.2) is 54.1 Å². The number of piperazine rings is 1. The monoisotopic (exact) mass is 312 g/mol. The molecule has 1 aliphatic heterocycles. The zero-order chi connectivity index (χ0) is 16.2. The van der Waals surface area contributed by atoms with Gasteiger partial charge in [0, 0.05) is 38.1 Å². The summed E-state index contributed by atoms with van der Waals surface area (Å²) in [7, 11) is 2.11. The highest BCUT2D eigenvalue weighted by Gasteiger charge is 2.15. The fourth-order valence-electron chi connectivity index (χ4n) is 2.49. The number of nitrogens with zero attached hydrogens (tertiary/aromatic N) is 3. The summed E-state index contributed by atoms with van der Waals surface area (Å²) < 4.78 is 0. The molecule has 1 aliphatic rings. The SMILES string of the molecule is CN1CCN(c2ccc(C(=O)Nc3ccc(O)cc3)cn2)CC1. The quantitative estimate of drug-likeness (QED) is 0.846. The third-order valence-corrected chi connectivity index (χ3v) is 3.96. The lowest BCUT2D eigenvalue weighted by Crippen LogP contribution is -2.44. The van der Waals surface area contributed by atoms with Gasteiger partial charge in [-0.25, -0.2) is 4.98 Å². The Bertz CT molecular complexity index is 662. The molecule has 0 radical (unpaired) electrons. The summed E-state index contributed by atoms with van der Waals surface area (Å²) in [6.07, 6.45) is 1.60. The second-order valence-electron chi connectivity index (χ2n) is 5.70. The summed E-state index contributed by atoms with van der Waals surface area (Å²) in [5.41, 5.74) is 1.15. The minimum absolute atomic E-state index is 0.168. The Morgan fingerprint density at radius 2 is 1.78 bits per heavy atom. The van der Waals surface area contributed by atoms with Crippen LogP contribution in [0.3, 0.4) is 0 Å². The number of phenolic OH excluding ortho intramolecular Hbond substituents is 1. The largest absolute Gasteiger partial charge is 0.508 e. The number of benzene rings is 1. The number of carbonyl (C=O) groups excluding carboxylic acids is 1. The predicted octanol–water partition coefficient (Wildman–Crippen LogP) is 1.79. The van der Waals surface area contributed by atoms with Crippen molar-refractivity contribution < 1.29 is 9.90 Å². The van der Waals surface area contributed by atoms with Crippen LogP contribution in [0.1, 0.15) is 10.4 Å². The Morgan fingerprint density at radius 3 is 2.39 bits per heavy atom. The summed E-state index contributed by atoms with van der Waals surface area (Å²) in [5, 5.41) is 12.0. The first-order valence-corrected chi connectivity index (χ1v) is 7.62. The zero-order valence-electron chi connectivity index (χ0n) is 13.1. The molecule has 0 unspecified atom stereocenters. The topological polar surface area (TPSA) is 68.7 Å². The Balaban J connectivity index is 1.64. The number of anilines is 2. The van der Waals surface area contributed by atoms with Crippen molar-refractivity contribution in [3.05, 3.63) is 48.2 Å². The Labute approximate surface area is 135 Å². The molecule has 2 heterocycles. The van der Waals surface area contributed by atoms with Gasteiger partial charge in [0.25, 0.3) is 5.91 Å². The Kier molecular flexibility index (Phi) is 4.43. The van der Waals surface area contributed by atoms with Gasteiger partial charge in [-0.2, -0.15) is 0 Å². The zero-order valence-corrected chi connectivity index (χ0v) is 13.1. The van der Waals surface area contributed by atoms with Gasteiger partial charge >= 0.3 is 0 Å². The van der Waals surface area contributed by atoms with Crippen molar-refractivity contribution in [3.8, 4) is 5.75 Å². The van der Waals surface area contributed by atoms with Crippen LogP contribution in [-0.2, 0) is 0 Å². The average molecular weight is 312 g/mol. The van der Waals surface area contributed by atoms with Gasteiger partial charge in [-0.15, -0.1) is 0 Å². The number of rotatable bonds is 3. The van der Waals surface area contributed by atoms with Crippen LogP contribution in [0.25, 0.3) is 0 Å². The van der Waals surface area contributed by atoms with Crippen LogP contribution in [0.15, 0.2) is 42.6 Å². The molecular weight excluding hydrogens is 292 g/mol. The highest BCUT2D eigenvalue weighted by atomic mass is 16.3. The molecule has 1 fully saturated rings. The lowest BCUT2D eigenvalue weighted by molar-refractivity contribution is 0.102. The van der Waals surface area contributed by atoms with Crippen LogP contribution in [0, 0.1) is 0 Å². The van der Waals surface area contributed by atoms with E-state index in [1.807, 2.05) is 6.07 Å². The van der Waals surface area contributed by atoms with Crippen molar-refractivity contribution in [2.75, 3.05) is 43.4 Å². The van der Waals surface area contributed by atoms with Gasteiger partial charge < -0.3 is 20.2 Å². The minimum atomic E-state index is -0.215. The van der Waals surface area contributed by atoms with Gasteiger partial charge in [0.2, 0.25) is 0 Å². The van der Waals surface area contributed by atoms with Crippen molar-refractivity contribution in [1.29, 1.82) is 0 Å². The van der Waals surface area contributed by atoms with Crippen molar-refractivity contribution >= 4 is 17.4 Å². The van der Waals surface area contributed by atoms with E-state index in [-0.39, 0.29) is 11.7 Å². The molecule has 6 nitrogen and oxygen atoms in total. The molecule has 6 heteroatoms. The number of nitrogens with one attached hydrogen (secondary N) is 1. The van der Waals surface area contributed by atoms with Crippen LogP contribution >= 0.6 is 0 Å². The highest BCUT2D eigenvalue weighted by molar-refractivity contribution is 6.04. The van der Waals surface area contributed by atoms with E-state index < -0.39 is 0 Å². The van der Waals surface area contributed by atoms with Gasteiger partial charge in [0.15, 0.2) is 0 Å². The summed E-state index contributed by atoms with van der Waals surface area (Å²) >= 11 is 0. The molecule has 0 saturated carbocycles. The number of hydrogen-bond acceptors (Lipinski definition) is 5. The first kappa shape index (κ1) is 15.3. The van der Waals surface area contributed by atoms with E-state index >= 15 is 0 Å². The number of amides is 1. The van der Waals surface area contributed by atoms with E-state index in [0.29, 0.717) is 11.3 Å².